The predicted molar refractivity (Wildman–Crippen MR) is 68.0 cm³/mol. The Morgan fingerprint density at radius 3 is 2.69 bits per heavy atom. The number of anilines is 1. The first kappa shape index (κ1) is 12.8. The molecule has 16 heavy (non-hydrogen) atoms. The average molecular weight is 222 g/mol. The van der Waals surface area contributed by atoms with Gasteiger partial charge in [0.25, 0.3) is 0 Å². The van der Waals surface area contributed by atoms with E-state index >= 15 is 0 Å². The molecule has 0 aliphatic rings. The first-order valence-corrected chi connectivity index (χ1v) is 5.89. The van der Waals surface area contributed by atoms with E-state index in [-0.39, 0.29) is 5.54 Å². The number of aromatic nitrogens is 1. The Kier molecular flexibility index (Phi) is 4.59. The van der Waals surface area contributed by atoms with Gasteiger partial charge in [0.15, 0.2) is 0 Å². The topological polar surface area (TPSA) is 34.1 Å². The van der Waals surface area contributed by atoms with E-state index < -0.39 is 0 Å². The zero-order valence-corrected chi connectivity index (χ0v) is 10.7. The minimum absolute atomic E-state index is 0.0229. The highest BCUT2D eigenvalue weighted by Gasteiger charge is 2.10. The summed E-state index contributed by atoms with van der Waals surface area (Å²) in [5.74, 6) is 1.56. The van der Waals surface area contributed by atoms with Crippen molar-refractivity contribution in [3.8, 4) is 5.88 Å². The van der Waals surface area contributed by atoms with Crippen LogP contribution in [0.4, 0.5) is 5.82 Å². The normalized spacial score (nSPS) is 11.2. The summed E-state index contributed by atoms with van der Waals surface area (Å²) in [5, 5.41) is 3.32. The maximum Gasteiger partial charge on any atom is 0.215 e. The molecule has 1 rings (SSSR count). The van der Waals surface area contributed by atoms with Crippen LogP contribution in [0.25, 0.3) is 0 Å². The van der Waals surface area contributed by atoms with Crippen molar-refractivity contribution in [1.82, 2.24) is 4.98 Å². The summed E-state index contributed by atoms with van der Waals surface area (Å²) in [6, 6.07) is 5.81. The van der Waals surface area contributed by atoms with E-state index in [9.17, 15) is 0 Å². The molecule has 1 aromatic heterocycles. The summed E-state index contributed by atoms with van der Waals surface area (Å²) >= 11 is 0. The Bertz CT molecular complexity index is 318. The van der Waals surface area contributed by atoms with Crippen molar-refractivity contribution >= 4 is 5.82 Å². The maximum atomic E-state index is 5.55. The number of hydrogen-bond acceptors (Lipinski definition) is 3. The second kappa shape index (κ2) is 5.73. The molecule has 0 fully saturated rings. The van der Waals surface area contributed by atoms with Crippen LogP contribution in [-0.2, 0) is 0 Å². The van der Waals surface area contributed by atoms with E-state index in [1.54, 1.807) is 0 Å². The summed E-state index contributed by atoms with van der Waals surface area (Å²) in [4.78, 5) is 4.40. The molecule has 0 amide bonds. The fraction of sp³-hybridized carbons (Fsp3) is 0.615. The number of pyridine rings is 1. The second-order valence-corrected chi connectivity index (χ2v) is 4.94. The third kappa shape index (κ3) is 5.01. The van der Waals surface area contributed by atoms with Crippen LogP contribution in [0, 0.1) is 0 Å². The third-order valence-corrected chi connectivity index (χ3v) is 1.97. The summed E-state index contributed by atoms with van der Waals surface area (Å²) in [7, 11) is 0. The van der Waals surface area contributed by atoms with Crippen LogP contribution in [0.1, 0.15) is 40.5 Å². The van der Waals surface area contributed by atoms with Gasteiger partial charge in [-0.25, -0.2) is 0 Å². The predicted octanol–water partition coefficient (Wildman–Crippen LogP) is 3.47. The molecule has 0 saturated carbocycles. The third-order valence-electron chi connectivity index (χ3n) is 1.97. The largest absolute Gasteiger partial charge is 0.478 e. The average Bonchev–Trinajstić information content (AvgIpc) is 2.16. The van der Waals surface area contributed by atoms with Crippen LogP contribution in [-0.4, -0.2) is 17.1 Å². The van der Waals surface area contributed by atoms with Gasteiger partial charge in [-0.05, 0) is 33.3 Å². The molecular weight excluding hydrogens is 200 g/mol. The standard InChI is InChI=1S/C13H22N2O/c1-5-6-10-16-12-9-7-8-11(14-12)15-13(2,3)4/h7-9H,5-6,10H2,1-4H3,(H,14,15). The summed E-state index contributed by atoms with van der Waals surface area (Å²) in [5.41, 5.74) is 0.0229. The monoisotopic (exact) mass is 222 g/mol. The molecular formula is C13H22N2O. The number of nitrogens with zero attached hydrogens (tertiary/aromatic N) is 1. The lowest BCUT2D eigenvalue weighted by molar-refractivity contribution is 0.298. The van der Waals surface area contributed by atoms with Crippen molar-refractivity contribution < 1.29 is 4.74 Å². The number of ether oxygens (including phenoxy) is 1. The molecule has 90 valence electrons. The lowest BCUT2D eigenvalue weighted by Gasteiger charge is -2.21. The molecule has 1 N–H and O–H groups in total. The van der Waals surface area contributed by atoms with E-state index in [0.717, 1.165) is 25.3 Å². The zero-order valence-electron chi connectivity index (χ0n) is 10.7. The van der Waals surface area contributed by atoms with Gasteiger partial charge in [-0.1, -0.05) is 19.4 Å². The van der Waals surface area contributed by atoms with Crippen LogP contribution in [0.2, 0.25) is 0 Å². The van der Waals surface area contributed by atoms with Gasteiger partial charge in [0, 0.05) is 11.6 Å². The minimum atomic E-state index is 0.0229. The van der Waals surface area contributed by atoms with Crippen LogP contribution < -0.4 is 10.1 Å². The van der Waals surface area contributed by atoms with E-state index in [1.807, 2.05) is 18.2 Å². The molecule has 0 aliphatic carbocycles. The molecule has 0 aromatic carbocycles. The number of nitrogens with one attached hydrogen (secondary N) is 1. The van der Waals surface area contributed by atoms with Gasteiger partial charge >= 0.3 is 0 Å². The van der Waals surface area contributed by atoms with Crippen molar-refractivity contribution in [2.75, 3.05) is 11.9 Å². The van der Waals surface area contributed by atoms with Crippen LogP contribution >= 0.6 is 0 Å². The molecule has 0 bridgehead atoms. The first-order valence-electron chi connectivity index (χ1n) is 5.89. The van der Waals surface area contributed by atoms with Crippen molar-refractivity contribution in [3.63, 3.8) is 0 Å². The Balaban J connectivity index is 2.57. The SMILES string of the molecule is CCCCOc1cccc(NC(C)(C)C)n1. The van der Waals surface area contributed by atoms with Gasteiger partial charge < -0.3 is 10.1 Å². The fourth-order valence-corrected chi connectivity index (χ4v) is 1.27. The zero-order chi connectivity index (χ0) is 12.0. The van der Waals surface area contributed by atoms with Gasteiger partial charge in [-0.3, -0.25) is 0 Å². The van der Waals surface area contributed by atoms with Crippen LogP contribution in [0.5, 0.6) is 5.88 Å². The fourth-order valence-electron chi connectivity index (χ4n) is 1.27. The molecule has 0 unspecified atom stereocenters. The highest BCUT2D eigenvalue weighted by atomic mass is 16.5. The highest BCUT2D eigenvalue weighted by molar-refractivity contribution is 5.39. The Morgan fingerprint density at radius 1 is 1.31 bits per heavy atom. The molecule has 0 radical (unpaired) electrons. The lowest BCUT2D eigenvalue weighted by Crippen LogP contribution is -2.26. The number of rotatable bonds is 5. The Labute approximate surface area is 98.2 Å². The van der Waals surface area contributed by atoms with Gasteiger partial charge in [0.1, 0.15) is 5.82 Å². The van der Waals surface area contributed by atoms with E-state index in [1.165, 1.54) is 0 Å². The van der Waals surface area contributed by atoms with Crippen molar-refractivity contribution in [3.05, 3.63) is 18.2 Å². The summed E-state index contributed by atoms with van der Waals surface area (Å²) in [6.45, 7) is 9.22. The molecule has 1 heterocycles. The summed E-state index contributed by atoms with van der Waals surface area (Å²) in [6.07, 6.45) is 2.21. The number of hydrogen-bond donors (Lipinski definition) is 1. The molecule has 3 nitrogen and oxygen atoms in total. The molecule has 1 aromatic rings. The molecule has 0 atom stereocenters. The second-order valence-electron chi connectivity index (χ2n) is 4.94. The van der Waals surface area contributed by atoms with Crippen LogP contribution in [0.3, 0.4) is 0 Å². The minimum Gasteiger partial charge on any atom is -0.478 e. The molecule has 0 aliphatic heterocycles. The molecule has 3 heteroatoms. The van der Waals surface area contributed by atoms with Gasteiger partial charge in [0.05, 0.1) is 6.61 Å². The maximum absolute atomic E-state index is 5.55. The van der Waals surface area contributed by atoms with E-state index in [2.05, 4.69) is 38.0 Å². The number of unbranched alkanes of at least 4 members (excludes halogenated alkanes) is 1. The molecule has 0 saturated heterocycles. The van der Waals surface area contributed by atoms with Gasteiger partial charge in [-0.15, -0.1) is 0 Å². The Morgan fingerprint density at radius 2 is 2.06 bits per heavy atom. The smallest absolute Gasteiger partial charge is 0.215 e. The first-order chi connectivity index (χ1) is 7.51. The van der Waals surface area contributed by atoms with Gasteiger partial charge in [0.2, 0.25) is 5.88 Å². The van der Waals surface area contributed by atoms with Crippen molar-refractivity contribution in [1.29, 1.82) is 0 Å². The lowest BCUT2D eigenvalue weighted by atomic mass is 10.1. The summed E-state index contributed by atoms with van der Waals surface area (Å²) < 4.78 is 5.55. The quantitative estimate of drug-likeness (QED) is 0.775. The highest BCUT2D eigenvalue weighted by Crippen LogP contribution is 2.15. The van der Waals surface area contributed by atoms with Crippen molar-refractivity contribution in [2.24, 2.45) is 0 Å². The molecule has 0 spiro atoms. The van der Waals surface area contributed by atoms with Crippen LogP contribution in [0.15, 0.2) is 18.2 Å². The van der Waals surface area contributed by atoms with Crippen molar-refractivity contribution in [2.45, 2.75) is 46.1 Å². The van der Waals surface area contributed by atoms with E-state index in [0.29, 0.717) is 5.88 Å². The Hall–Kier alpha value is -1.25. The van der Waals surface area contributed by atoms with Gasteiger partial charge in [-0.2, -0.15) is 4.98 Å². The van der Waals surface area contributed by atoms with E-state index in [4.69, 9.17) is 4.74 Å².